The number of rotatable bonds is 4. The maximum atomic E-state index is 13.1. The summed E-state index contributed by atoms with van der Waals surface area (Å²) >= 11 is 0. The molecule has 0 atom stereocenters. The van der Waals surface area contributed by atoms with E-state index in [0.717, 1.165) is 0 Å². The third-order valence-electron chi connectivity index (χ3n) is 4.57. The van der Waals surface area contributed by atoms with Crippen LogP contribution in [0, 0.1) is 0 Å². The van der Waals surface area contributed by atoms with Crippen LogP contribution >= 0.6 is 0 Å². The van der Waals surface area contributed by atoms with Crippen molar-refractivity contribution >= 4 is 8.32 Å². The summed E-state index contributed by atoms with van der Waals surface area (Å²) in [5.74, 6) is -0.0922. The number of nitrogens with zero attached hydrogens (tertiary/aromatic N) is 2. The Hall–Kier alpha value is -1.41. The minimum absolute atomic E-state index is 0.0332. The average Bonchev–Trinajstić information content (AvgIpc) is 3.17. The van der Waals surface area contributed by atoms with Crippen molar-refractivity contribution in [3.8, 4) is 5.75 Å². The van der Waals surface area contributed by atoms with Gasteiger partial charge in [-0.2, -0.15) is 13.2 Å². The Morgan fingerprint density at radius 2 is 1.74 bits per heavy atom. The third-order valence-corrected chi connectivity index (χ3v) is 9.05. The van der Waals surface area contributed by atoms with E-state index >= 15 is 0 Å². The summed E-state index contributed by atoms with van der Waals surface area (Å²) in [7, 11) is -2.08. The van der Waals surface area contributed by atoms with Gasteiger partial charge in [-0.25, -0.2) is 0 Å². The smallest absolute Gasteiger partial charge is 0.442 e. The van der Waals surface area contributed by atoms with Gasteiger partial charge < -0.3 is 9.53 Å². The van der Waals surface area contributed by atoms with Crippen LogP contribution in [0.4, 0.5) is 13.2 Å². The summed E-state index contributed by atoms with van der Waals surface area (Å²) in [6.07, 6.45) is -4.58. The van der Waals surface area contributed by atoms with Crippen molar-refractivity contribution in [1.82, 2.24) is 0 Å². The molecule has 0 amide bonds. The second-order valence-corrected chi connectivity index (χ2v) is 12.1. The number of aromatic hydroxyl groups is 1. The molecule has 1 aromatic carbocycles. The van der Waals surface area contributed by atoms with E-state index in [2.05, 4.69) is 31.0 Å². The highest BCUT2D eigenvalue weighted by Gasteiger charge is 2.65. The number of benzene rings is 1. The van der Waals surface area contributed by atoms with Crippen LogP contribution in [0.3, 0.4) is 0 Å². The molecule has 0 bridgehead atoms. The van der Waals surface area contributed by atoms with E-state index < -0.39 is 20.2 Å². The van der Waals surface area contributed by atoms with E-state index in [9.17, 15) is 18.3 Å². The lowest BCUT2D eigenvalue weighted by Gasteiger charge is -2.36. The first-order valence-corrected chi connectivity index (χ1v) is 10.2. The monoisotopic (exact) mass is 346 g/mol. The quantitative estimate of drug-likeness (QED) is 0.772. The third kappa shape index (κ3) is 3.28. The fourth-order valence-corrected chi connectivity index (χ4v) is 2.78. The molecule has 1 aliphatic heterocycles. The summed E-state index contributed by atoms with van der Waals surface area (Å²) in [6.45, 7) is 10.3. The molecule has 0 spiro atoms. The highest BCUT2D eigenvalue weighted by molar-refractivity contribution is 6.74. The zero-order valence-corrected chi connectivity index (χ0v) is 14.8. The predicted molar refractivity (Wildman–Crippen MR) is 82.7 cm³/mol. The molecule has 2 rings (SSSR count). The van der Waals surface area contributed by atoms with Crippen LogP contribution in [0.5, 0.6) is 5.75 Å². The minimum Gasteiger partial charge on any atom is -0.508 e. The number of hydrogen-bond acceptors (Lipinski definition) is 4. The molecule has 128 valence electrons. The summed E-state index contributed by atoms with van der Waals surface area (Å²) in [4.78, 5) is 0. The van der Waals surface area contributed by atoms with E-state index in [1.165, 1.54) is 18.2 Å². The van der Waals surface area contributed by atoms with Crippen molar-refractivity contribution < 1.29 is 22.7 Å². The molecular weight excluding hydrogens is 325 g/mol. The highest BCUT2D eigenvalue weighted by atomic mass is 28.4. The van der Waals surface area contributed by atoms with Gasteiger partial charge in [0.15, 0.2) is 8.32 Å². The van der Waals surface area contributed by atoms with Gasteiger partial charge in [0.1, 0.15) is 5.75 Å². The SMILES string of the molecule is CC(C)(C)[Si](C)(C)OCc1cc(C2(C(F)(F)F)N=N2)ccc1O. The first kappa shape index (κ1) is 17.9. The second-order valence-electron chi connectivity index (χ2n) is 7.26. The molecule has 0 fully saturated rings. The number of alkyl halides is 3. The molecule has 0 aromatic heterocycles. The lowest BCUT2D eigenvalue weighted by molar-refractivity contribution is -0.166. The van der Waals surface area contributed by atoms with Gasteiger partial charge in [0, 0.05) is 11.1 Å². The highest BCUT2D eigenvalue weighted by Crippen LogP contribution is 2.52. The Labute approximate surface area is 134 Å². The van der Waals surface area contributed by atoms with Crippen LogP contribution in [0.25, 0.3) is 0 Å². The number of hydrogen-bond donors (Lipinski definition) is 1. The molecule has 1 aliphatic rings. The first-order valence-electron chi connectivity index (χ1n) is 7.27. The Bertz CT molecular complexity index is 631. The fraction of sp³-hybridized carbons (Fsp3) is 0.600. The molecule has 1 N–H and O–H groups in total. The van der Waals surface area contributed by atoms with Crippen LogP contribution in [0.2, 0.25) is 18.1 Å². The van der Waals surface area contributed by atoms with Crippen molar-refractivity contribution in [1.29, 1.82) is 0 Å². The summed E-state index contributed by atoms with van der Waals surface area (Å²) < 4.78 is 45.2. The maximum absolute atomic E-state index is 13.1. The second kappa shape index (κ2) is 5.30. The molecule has 1 heterocycles. The van der Waals surface area contributed by atoms with Crippen LogP contribution in [0.15, 0.2) is 28.4 Å². The Kier molecular flexibility index (Phi) is 4.14. The van der Waals surface area contributed by atoms with Crippen LogP contribution in [0.1, 0.15) is 31.9 Å². The molecule has 0 aliphatic carbocycles. The van der Waals surface area contributed by atoms with Gasteiger partial charge >= 0.3 is 11.8 Å². The van der Waals surface area contributed by atoms with Gasteiger partial charge in [-0.15, -0.1) is 10.2 Å². The van der Waals surface area contributed by atoms with Gasteiger partial charge in [0.2, 0.25) is 0 Å². The van der Waals surface area contributed by atoms with Crippen molar-refractivity contribution in [2.75, 3.05) is 0 Å². The Morgan fingerprint density at radius 1 is 1.17 bits per heavy atom. The normalized spacial score (nSPS) is 17.4. The van der Waals surface area contributed by atoms with E-state index in [0.29, 0.717) is 5.56 Å². The standard InChI is InChI=1S/C15H21F3N2O2Si/c1-13(2,3)23(4,5)22-9-10-8-11(6-7-12(10)21)14(19-20-14)15(16,17)18/h6-8,21H,9H2,1-5H3. The zero-order valence-electron chi connectivity index (χ0n) is 13.8. The fourth-order valence-electron chi connectivity index (χ4n) is 1.84. The van der Waals surface area contributed by atoms with Crippen molar-refractivity contribution in [3.63, 3.8) is 0 Å². The number of halogens is 3. The number of phenolic OH excluding ortho intramolecular Hbond substituents is 1. The molecule has 0 radical (unpaired) electrons. The summed E-state index contributed by atoms with van der Waals surface area (Å²) in [5.41, 5.74) is -2.27. The maximum Gasteiger partial charge on any atom is 0.442 e. The van der Waals surface area contributed by atoms with E-state index in [4.69, 9.17) is 4.43 Å². The molecule has 23 heavy (non-hydrogen) atoms. The molecule has 4 nitrogen and oxygen atoms in total. The van der Waals surface area contributed by atoms with Crippen LogP contribution in [-0.4, -0.2) is 19.6 Å². The average molecular weight is 346 g/mol. The van der Waals surface area contributed by atoms with Crippen LogP contribution < -0.4 is 0 Å². The lowest BCUT2D eigenvalue weighted by Crippen LogP contribution is -2.40. The minimum atomic E-state index is -4.58. The van der Waals surface area contributed by atoms with Gasteiger partial charge in [-0.05, 0) is 30.3 Å². The molecule has 0 unspecified atom stereocenters. The number of phenols is 1. The van der Waals surface area contributed by atoms with Crippen molar-refractivity contribution in [3.05, 3.63) is 29.3 Å². The topological polar surface area (TPSA) is 54.2 Å². The van der Waals surface area contributed by atoms with E-state index in [1.807, 2.05) is 13.1 Å². The summed E-state index contributed by atoms with van der Waals surface area (Å²) in [6, 6.07) is 3.70. The van der Waals surface area contributed by atoms with Gasteiger partial charge in [-0.3, -0.25) is 0 Å². The molecule has 0 saturated heterocycles. The van der Waals surface area contributed by atoms with Gasteiger partial charge in [0.25, 0.3) is 0 Å². The van der Waals surface area contributed by atoms with Gasteiger partial charge in [0.05, 0.1) is 6.61 Å². The lowest BCUT2D eigenvalue weighted by atomic mass is 10.00. The zero-order chi connectivity index (χ0) is 17.7. The Balaban J connectivity index is 2.23. The molecule has 0 saturated carbocycles. The van der Waals surface area contributed by atoms with E-state index in [-0.39, 0.29) is 23.0 Å². The largest absolute Gasteiger partial charge is 0.508 e. The first-order chi connectivity index (χ1) is 10.3. The molecule has 1 aromatic rings. The van der Waals surface area contributed by atoms with E-state index in [1.54, 1.807) is 0 Å². The molecule has 8 heteroatoms. The van der Waals surface area contributed by atoms with Crippen molar-refractivity contribution in [2.24, 2.45) is 10.2 Å². The molecular formula is C15H21F3N2O2Si. The Morgan fingerprint density at radius 3 is 2.17 bits per heavy atom. The summed E-state index contributed by atoms with van der Waals surface area (Å²) in [5, 5.41) is 16.2. The van der Waals surface area contributed by atoms with Crippen molar-refractivity contribution in [2.45, 2.75) is 57.3 Å². The van der Waals surface area contributed by atoms with Crippen LogP contribution in [-0.2, 0) is 16.7 Å². The predicted octanol–water partition coefficient (Wildman–Crippen LogP) is 5.09. The van der Waals surface area contributed by atoms with Gasteiger partial charge in [-0.1, -0.05) is 26.8 Å².